The highest BCUT2D eigenvalue weighted by atomic mass is 32.1. The minimum atomic E-state index is -2.26. The lowest BCUT2D eigenvalue weighted by Gasteiger charge is -2.42. The number of nitrogen functional groups attached to an aromatic ring is 1. The first-order valence-corrected chi connectivity index (χ1v) is 21.3. The van der Waals surface area contributed by atoms with E-state index in [0.29, 0.717) is 52.5 Å². The van der Waals surface area contributed by atoms with E-state index in [4.69, 9.17) is 19.3 Å². The van der Waals surface area contributed by atoms with E-state index in [1.54, 1.807) is 30.6 Å². The quantitative estimate of drug-likeness (QED) is 0.198. The highest BCUT2D eigenvalue weighted by molar-refractivity contribution is 7.08. The summed E-state index contributed by atoms with van der Waals surface area (Å²) in [6.07, 6.45) is 2.90. The van der Waals surface area contributed by atoms with E-state index in [1.165, 1.54) is 11.1 Å². The minimum Gasteiger partial charge on any atom is -0.540 e. The van der Waals surface area contributed by atoms with Gasteiger partial charge in [-0.15, -0.1) is 0 Å². The third kappa shape index (κ3) is 7.00. The van der Waals surface area contributed by atoms with E-state index in [1.807, 2.05) is 4.90 Å². The first-order chi connectivity index (χ1) is 19.5. The van der Waals surface area contributed by atoms with Crippen molar-refractivity contribution in [1.82, 2.24) is 4.90 Å². The fraction of sp³-hybridized carbons (Fsp3) is 0.606. The molecule has 1 aromatic carbocycles. The molecule has 0 bridgehead atoms. The van der Waals surface area contributed by atoms with Crippen molar-refractivity contribution in [2.45, 2.75) is 110 Å². The Labute approximate surface area is 260 Å². The summed E-state index contributed by atoms with van der Waals surface area (Å²) < 4.78 is 19.4. The van der Waals surface area contributed by atoms with Gasteiger partial charge in [0.2, 0.25) is 0 Å². The number of hydrogen-bond acceptors (Lipinski definition) is 6. The van der Waals surface area contributed by atoms with Crippen molar-refractivity contribution in [2.75, 3.05) is 26.0 Å². The molecule has 2 N–H and O–H groups in total. The number of methoxy groups -OCH3 is 1. The smallest absolute Gasteiger partial charge is 0.258 e. The highest BCUT2D eigenvalue weighted by Gasteiger charge is 2.47. The van der Waals surface area contributed by atoms with Gasteiger partial charge >= 0.3 is 0 Å². The molecule has 1 atom stereocenters. The number of anilines is 1. The van der Waals surface area contributed by atoms with E-state index in [0.717, 1.165) is 6.42 Å². The summed E-state index contributed by atoms with van der Waals surface area (Å²) in [7, 11) is -2.65. The summed E-state index contributed by atoms with van der Waals surface area (Å²) in [4.78, 5) is 16.1. The van der Waals surface area contributed by atoms with Crippen LogP contribution in [0.1, 0.15) is 84.7 Å². The molecule has 0 aliphatic carbocycles. The lowest BCUT2D eigenvalue weighted by molar-refractivity contribution is 0.0628. The van der Waals surface area contributed by atoms with E-state index in [9.17, 15) is 4.79 Å². The highest BCUT2D eigenvalue weighted by Crippen LogP contribution is 2.46. The Morgan fingerprint density at radius 1 is 1.07 bits per heavy atom. The molecule has 3 rings (SSSR count). The van der Waals surface area contributed by atoms with Gasteiger partial charge in [0, 0.05) is 18.3 Å². The second-order valence-electron chi connectivity index (χ2n) is 14.1. The van der Waals surface area contributed by atoms with Crippen molar-refractivity contribution in [3.05, 3.63) is 46.2 Å². The lowest BCUT2D eigenvalue weighted by atomic mass is 9.95. The second kappa shape index (κ2) is 13.3. The van der Waals surface area contributed by atoms with Gasteiger partial charge in [-0.1, -0.05) is 68.4 Å². The van der Waals surface area contributed by atoms with Crippen molar-refractivity contribution >= 4 is 45.1 Å². The average Bonchev–Trinajstić information content (AvgIpc) is 3.44. The van der Waals surface area contributed by atoms with Crippen molar-refractivity contribution < 1.29 is 18.4 Å². The Hall–Kier alpha value is -2.08. The maximum absolute atomic E-state index is 14.2. The summed E-state index contributed by atoms with van der Waals surface area (Å²) in [5.74, 6) is 1.07. The zero-order valence-corrected chi connectivity index (χ0v) is 30.8. The first-order valence-electron chi connectivity index (χ1n) is 15.3. The molecule has 0 radical (unpaired) electrons. The molecule has 1 amide bonds. The zero-order chi connectivity index (χ0) is 31.6. The van der Waals surface area contributed by atoms with Gasteiger partial charge in [-0.05, 0) is 75.2 Å². The SMILES string of the molecule is COc1cc(C(=O)N2CC=C(c3ccsc3)C[C@H]2CO[Si](C)(C)C(C)(C)C)c(N)cc1O[Si](C(C)C)(C(C)C)C(C)C. The van der Waals surface area contributed by atoms with Crippen molar-refractivity contribution in [1.29, 1.82) is 0 Å². The van der Waals surface area contributed by atoms with Crippen molar-refractivity contribution in [3.63, 3.8) is 0 Å². The molecule has 1 aromatic heterocycles. The summed E-state index contributed by atoms with van der Waals surface area (Å²) in [6.45, 7) is 25.7. The van der Waals surface area contributed by atoms with Crippen LogP contribution in [0.4, 0.5) is 5.69 Å². The number of nitrogens with zero attached hydrogens (tertiary/aromatic N) is 1. The maximum Gasteiger partial charge on any atom is 0.258 e. The topological polar surface area (TPSA) is 74.0 Å². The predicted molar refractivity (Wildman–Crippen MR) is 184 cm³/mol. The van der Waals surface area contributed by atoms with Crippen LogP contribution in [0.15, 0.2) is 35.0 Å². The van der Waals surface area contributed by atoms with E-state index in [2.05, 4.69) is 98.3 Å². The molecule has 2 aromatic rings. The van der Waals surface area contributed by atoms with Gasteiger partial charge in [0.25, 0.3) is 14.2 Å². The molecule has 0 saturated heterocycles. The van der Waals surface area contributed by atoms with Gasteiger partial charge in [0.05, 0.1) is 25.3 Å². The fourth-order valence-corrected chi connectivity index (χ4v) is 13.1. The molecule has 0 unspecified atom stereocenters. The van der Waals surface area contributed by atoms with E-state index >= 15 is 0 Å². The molecule has 0 fully saturated rings. The van der Waals surface area contributed by atoms with Crippen LogP contribution in [-0.2, 0) is 4.43 Å². The Bertz CT molecular complexity index is 1230. The normalized spacial score (nSPS) is 16.8. The molecule has 234 valence electrons. The Morgan fingerprint density at radius 2 is 1.69 bits per heavy atom. The number of amides is 1. The molecule has 0 spiro atoms. The Kier molecular flexibility index (Phi) is 10.9. The Balaban J connectivity index is 1.99. The fourth-order valence-electron chi connectivity index (χ4n) is 6.11. The van der Waals surface area contributed by atoms with Crippen LogP contribution in [0.2, 0.25) is 34.8 Å². The van der Waals surface area contributed by atoms with Gasteiger partial charge in [-0.3, -0.25) is 4.79 Å². The van der Waals surface area contributed by atoms with E-state index < -0.39 is 16.6 Å². The molecule has 42 heavy (non-hydrogen) atoms. The molecule has 0 saturated carbocycles. The molecular weight excluding hydrogens is 577 g/mol. The second-order valence-corrected chi connectivity index (χ2v) is 25.1. The minimum absolute atomic E-state index is 0.0800. The number of thiophene rings is 1. The van der Waals surface area contributed by atoms with Crippen LogP contribution in [-0.4, -0.2) is 53.7 Å². The Morgan fingerprint density at radius 3 is 2.19 bits per heavy atom. The van der Waals surface area contributed by atoms with Crippen LogP contribution in [0.25, 0.3) is 5.57 Å². The monoisotopic (exact) mass is 630 g/mol. The van der Waals surface area contributed by atoms with Gasteiger partial charge < -0.3 is 24.2 Å². The van der Waals surface area contributed by atoms with Gasteiger partial charge in [0.1, 0.15) is 5.75 Å². The van der Waals surface area contributed by atoms with Crippen LogP contribution in [0.5, 0.6) is 11.5 Å². The number of rotatable bonds is 11. The van der Waals surface area contributed by atoms with Crippen molar-refractivity contribution in [2.24, 2.45) is 0 Å². The summed E-state index contributed by atoms with van der Waals surface area (Å²) in [5.41, 5.74) is 11.2. The molecule has 1 aliphatic rings. The third-order valence-electron chi connectivity index (χ3n) is 9.59. The maximum atomic E-state index is 14.2. The number of ether oxygens (including phenoxy) is 1. The average molecular weight is 631 g/mol. The van der Waals surface area contributed by atoms with Crippen LogP contribution >= 0.6 is 11.3 Å². The number of carbonyl (C=O) groups excluding carboxylic acids is 1. The zero-order valence-electron chi connectivity index (χ0n) is 28.0. The summed E-state index contributed by atoms with van der Waals surface area (Å²) in [5, 5.41) is 4.35. The number of hydrogen-bond donors (Lipinski definition) is 1. The number of nitrogens with two attached hydrogens (primary N) is 1. The van der Waals surface area contributed by atoms with Gasteiger partial charge in [0.15, 0.2) is 14.1 Å². The number of carbonyl (C=O) groups is 1. The van der Waals surface area contributed by atoms with Gasteiger partial charge in [-0.2, -0.15) is 11.3 Å². The molecular formula is C33H54N2O4SSi2. The lowest BCUT2D eigenvalue weighted by Crippen LogP contribution is -2.50. The molecule has 9 heteroatoms. The van der Waals surface area contributed by atoms with Crippen LogP contribution in [0, 0.1) is 0 Å². The van der Waals surface area contributed by atoms with Crippen LogP contribution in [0.3, 0.4) is 0 Å². The van der Waals surface area contributed by atoms with Gasteiger partial charge in [-0.25, -0.2) is 0 Å². The standard InChI is InChI=1S/C33H54N2O4SSi2/c1-22(2)42(23(3)4,24(5)6)39-31-19-29(34)28(18-30(31)37-10)32(36)35-15-13-25(26-14-16-40-21-26)17-27(35)20-38-41(11,12)33(7,8)9/h13-14,16,18-19,21-24,27H,15,17,20,34H2,1-12H3/t27-/m0/s1. The van der Waals surface area contributed by atoms with Crippen molar-refractivity contribution in [3.8, 4) is 11.5 Å². The molecule has 2 heterocycles. The largest absolute Gasteiger partial charge is 0.540 e. The first kappa shape index (κ1) is 34.4. The summed E-state index contributed by atoms with van der Waals surface area (Å²) in [6, 6.07) is 5.63. The summed E-state index contributed by atoms with van der Waals surface area (Å²) >= 11 is 1.69. The predicted octanol–water partition coefficient (Wildman–Crippen LogP) is 9.21. The third-order valence-corrected chi connectivity index (χ3v) is 20.8. The molecule has 6 nitrogen and oxygen atoms in total. The van der Waals surface area contributed by atoms with E-state index in [-0.39, 0.29) is 17.0 Å². The number of benzene rings is 1. The van der Waals surface area contributed by atoms with Crippen LogP contribution < -0.4 is 14.9 Å². The molecule has 1 aliphatic heterocycles.